The van der Waals surface area contributed by atoms with Crippen molar-refractivity contribution in [2.45, 2.75) is 0 Å². The first-order chi connectivity index (χ1) is 8.75. The smallest absolute Gasteiger partial charge is 0.379 e. The highest BCUT2D eigenvalue weighted by Crippen LogP contribution is 2.14. The fourth-order valence-corrected chi connectivity index (χ4v) is 1.32. The third-order valence-corrected chi connectivity index (χ3v) is 2.17. The molecule has 3 heteroatoms. The number of ether oxygens (including phenoxy) is 2. The summed E-state index contributed by atoms with van der Waals surface area (Å²) in [5.41, 5.74) is 0. The summed E-state index contributed by atoms with van der Waals surface area (Å²) in [6.45, 7) is 3.55. The van der Waals surface area contributed by atoms with Gasteiger partial charge in [0.15, 0.2) is 0 Å². The van der Waals surface area contributed by atoms with E-state index in [9.17, 15) is 4.79 Å². The van der Waals surface area contributed by atoms with Gasteiger partial charge in [0, 0.05) is 0 Å². The first kappa shape index (κ1) is 11.9. The average Bonchev–Trinajstić information content (AvgIpc) is 2.41. The largest absolute Gasteiger partial charge is 0.450 e. The lowest BCUT2D eigenvalue weighted by atomic mass is 10.3. The minimum atomic E-state index is -0.606. The van der Waals surface area contributed by atoms with Crippen LogP contribution in [0, 0.1) is 0 Å². The number of esters is 1. The molecule has 0 bridgehead atoms. The maximum absolute atomic E-state index is 11.7. The van der Waals surface area contributed by atoms with Crippen LogP contribution in [0.3, 0.4) is 0 Å². The Morgan fingerprint density at radius 2 is 1.22 bits per heavy atom. The SMILES string of the molecule is C=C(Oc1ccccc1)C(=O)Oc1ccccc1. The summed E-state index contributed by atoms with van der Waals surface area (Å²) in [7, 11) is 0. The lowest BCUT2D eigenvalue weighted by Crippen LogP contribution is -2.14. The molecule has 0 amide bonds. The number of para-hydroxylation sites is 2. The third kappa shape index (κ3) is 3.22. The summed E-state index contributed by atoms with van der Waals surface area (Å²) in [5, 5.41) is 0. The molecular formula is C15H12O3. The zero-order chi connectivity index (χ0) is 12.8. The monoisotopic (exact) mass is 240 g/mol. The summed E-state index contributed by atoms with van der Waals surface area (Å²) >= 11 is 0. The van der Waals surface area contributed by atoms with Gasteiger partial charge in [0.25, 0.3) is 0 Å². The Kier molecular flexibility index (Phi) is 3.76. The zero-order valence-electron chi connectivity index (χ0n) is 9.71. The number of carbonyl (C=O) groups is 1. The molecule has 0 spiro atoms. The molecule has 0 aliphatic rings. The molecule has 2 aromatic carbocycles. The number of hydrogen-bond acceptors (Lipinski definition) is 3. The summed E-state index contributed by atoms with van der Waals surface area (Å²) < 4.78 is 10.4. The van der Waals surface area contributed by atoms with Crippen LogP contribution in [0.25, 0.3) is 0 Å². The molecule has 0 aliphatic heterocycles. The van der Waals surface area contributed by atoms with E-state index >= 15 is 0 Å². The van der Waals surface area contributed by atoms with Crippen LogP contribution in [0.5, 0.6) is 11.5 Å². The predicted octanol–water partition coefficient (Wildman–Crippen LogP) is 3.18. The van der Waals surface area contributed by atoms with E-state index in [1.165, 1.54) is 0 Å². The summed E-state index contributed by atoms with van der Waals surface area (Å²) in [6, 6.07) is 17.7. The molecule has 0 fully saturated rings. The summed E-state index contributed by atoms with van der Waals surface area (Å²) in [4.78, 5) is 11.7. The van der Waals surface area contributed by atoms with E-state index < -0.39 is 5.97 Å². The van der Waals surface area contributed by atoms with E-state index in [2.05, 4.69) is 6.58 Å². The first-order valence-electron chi connectivity index (χ1n) is 5.45. The lowest BCUT2D eigenvalue weighted by molar-refractivity contribution is -0.132. The Labute approximate surface area is 105 Å². The van der Waals surface area contributed by atoms with E-state index in [0.717, 1.165) is 0 Å². The van der Waals surface area contributed by atoms with Crippen LogP contribution in [-0.4, -0.2) is 5.97 Å². The van der Waals surface area contributed by atoms with Crippen LogP contribution >= 0.6 is 0 Å². The lowest BCUT2D eigenvalue weighted by Gasteiger charge is -2.08. The number of carbonyl (C=O) groups excluding carboxylic acids is 1. The molecule has 2 rings (SSSR count). The van der Waals surface area contributed by atoms with Gasteiger partial charge in [0.1, 0.15) is 11.5 Å². The molecule has 0 heterocycles. The van der Waals surface area contributed by atoms with Crippen molar-refractivity contribution in [3.05, 3.63) is 73.0 Å². The highest BCUT2D eigenvalue weighted by molar-refractivity contribution is 5.87. The highest BCUT2D eigenvalue weighted by atomic mass is 16.6. The van der Waals surface area contributed by atoms with Crippen LogP contribution in [0.1, 0.15) is 0 Å². The molecule has 90 valence electrons. The van der Waals surface area contributed by atoms with E-state index in [4.69, 9.17) is 9.47 Å². The molecule has 18 heavy (non-hydrogen) atoms. The van der Waals surface area contributed by atoms with E-state index in [0.29, 0.717) is 11.5 Å². The fourth-order valence-electron chi connectivity index (χ4n) is 1.32. The zero-order valence-corrected chi connectivity index (χ0v) is 9.71. The van der Waals surface area contributed by atoms with Gasteiger partial charge in [-0.1, -0.05) is 36.4 Å². The molecule has 0 unspecified atom stereocenters. The summed E-state index contributed by atoms with van der Waals surface area (Å²) in [6.07, 6.45) is 0. The standard InChI is InChI=1S/C15H12O3/c1-12(17-13-8-4-2-5-9-13)15(16)18-14-10-6-3-7-11-14/h2-11H,1H2. The van der Waals surface area contributed by atoms with Gasteiger partial charge in [-0.25, -0.2) is 4.79 Å². The second kappa shape index (κ2) is 5.68. The van der Waals surface area contributed by atoms with Crippen LogP contribution in [0.2, 0.25) is 0 Å². The van der Waals surface area contributed by atoms with Crippen LogP contribution < -0.4 is 9.47 Å². The molecule has 0 saturated heterocycles. The van der Waals surface area contributed by atoms with Crippen molar-refractivity contribution in [2.24, 2.45) is 0 Å². The van der Waals surface area contributed by atoms with Gasteiger partial charge < -0.3 is 9.47 Å². The molecule has 0 saturated carbocycles. The van der Waals surface area contributed by atoms with Crippen molar-refractivity contribution in [2.75, 3.05) is 0 Å². The topological polar surface area (TPSA) is 35.5 Å². The van der Waals surface area contributed by atoms with E-state index in [1.807, 2.05) is 24.3 Å². The fraction of sp³-hybridized carbons (Fsp3) is 0. The average molecular weight is 240 g/mol. The van der Waals surface area contributed by atoms with Gasteiger partial charge in [-0.2, -0.15) is 0 Å². The molecule has 0 atom stereocenters. The highest BCUT2D eigenvalue weighted by Gasteiger charge is 2.11. The van der Waals surface area contributed by atoms with Crippen molar-refractivity contribution < 1.29 is 14.3 Å². The van der Waals surface area contributed by atoms with Gasteiger partial charge in [0.2, 0.25) is 5.76 Å². The van der Waals surface area contributed by atoms with Crippen molar-refractivity contribution in [3.8, 4) is 11.5 Å². The molecular weight excluding hydrogens is 228 g/mol. The second-order valence-electron chi connectivity index (χ2n) is 3.54. The van der Waals surface area contributed by atoms with E-state index in [-0.39, 0.29) is 5.76 Å². The first-order valence-corrected chi connectivity index (χ1v) is 5.45. The number of benzene rings is 2. The molecule has 3 nitrogen and oxygen atoms in total. The van der Waals surface area contributed by atoms with Gasteiger partial charge in [-0.3, -0.25) is 0 Å². The van der Waals surface area contributed by atoms with Crippen LogP contribution in [-0.2, 0) is 4.79 Å². The Morgan fingerprint density at radius 1 is 0.778 bits per heavy atom. The second-order valence-corrected chi connectivity index (χ2v) is 3.54. The maximum atomic E-state index is 11.7. The van der Waals surface area contributed by atoms with Gasteiger partial charge >= 0.3 is 5.97 Å². The van der Waals surface area contributed by atoms with E-state index in [1.54, 1.807) is 36.4 Å². The molecule has 2 aromatic rings. The Bertz CT molecular complexity index is 481. The van der Waals surface area contributed by atoms with Gasteiger partial charge in [0.05, 0.1) is 0 Å². The van der Waals surface area contributed by atoms with Crippen LogP contribution in [0.15, 0.2) is 73.0 Å². The Morgan fingerprint density at radius 3 is 1.72 bits per heavy atom. The minimum Gasteiger partial charge on any atom is -0.450 e. The quantitative estimate of drug-likeness (QED) is 0.356. The normalized spacial score (nSPS) is 9.56. The number of hydrogen-bond donors (Lipinski definition) is 0. The Balaban J connectivity index is 1.96. The summed E-state index contributed by atoms with van der Waals surface area (Å²) in [5.74, 6) is 0.350. The third-order valence-electron chi connectivity index (χ3n) is 2.17. The van der Waals surface area contributed by atoms with Crippen LogP contribution in [0.4, 0.5) is 0 Å². The van der Waals surface area contributed by atoms with Crippen molar-refractivity contribution in [3.63, 3.8) is 0 Å². The maximum Gasteiger partial charge on any atom is 0.379 e. The number of rotatable bonds is 4. The van der Waals surface area contributed by atoms with Crippen molar-refractivity contribution in [1.29, 1.82) is 0 Å². The predicted molar refractivity (Wildman–Crippen MR) is 68.3 cm³/mol. The molecule has 0 aromatic heterocycles. The van der Waals surface area contributed by atoms with Crippen molar-refractivity contribution in [1.82, 2.24) is 0 Å². The minimum absolute atomic E-state index is 0.0509. The molecule has 0 N–H and O–H groups in total. The van der Waals surface area contributed by atoms with Crippen molar-refractivity contribution >= 4 is 5.97 Å². The van der Waals surface area contributed by atoms with Gasteiger partial charge in [-0.05, 0) is 30.8 Å². The molecule has 0 aliphatic carbocycles. The van der Waals surface area contributed by atoms with Gasteiger partial charge in [-0.15, -0.1) is 0 Å². The molecule has 0 radical (unpaired) electrons. The Hall–Kier alpha value is -2.55.